The van der Waals surface area contributed by atoms with Crippen LogP contribution in [0.5, 0.6) is 0 Å². The maximum atomic E-state index is 14.0. The van der Waals surface area contributed by atoms with Crippen molar-refractivity contribution in [2.45, 2.75) is 13.1 Å². The van der Waals surface area contributed by atoms with Crippen molar-refractivity contribution in [1.29, 1.82) is 0 Å². The molecule has 1 saturated heterocycles. The quantitative estimate of drug-likeness (QED) is 0.448. The third-order valence-electron chi connectivity index (χ3n) is 5.54. The van der Waals surface area contributed by atoms with E-state index in [-0.39, 0.29) is 18.8 Å². The Morgan fingerprint density at radius 1 is 1.06 bits per heavy atom. The Hall–Kier alpha value is -3.47. The first kappa shape index (κ1) is 21.4. The monoisotopic (exact) mass is 472 g/mol. The first-order valence-electron chi connectivity index (χ1n) is 10.3. The summed E-state index contributed by atoms with van der Waals surface area (Å²) in [7, 11) is 0. The molecule has 0 atom stereocenters. The molecule has 5 rings (SSSR count). The van der Waals surface area contributed by atoms with Crippen LogP contribution < -0.4 is 4.90 Å². The van der Waals surface area contributed by atoms with E-state index in [2.05, 4.69) is 15.1 Å². The standard InChI is InChI=1S/C22H19F3N6OS/c1-14-4-6-15(7-5-14)31-18(22(23,24)25)16(13-27-31)20(32)29-9-11-30(12-10-29)21-28-17-3-2-8-26-19(17)33-21/h2-8,13H,9-12H2,1H3. The number of rotatable bonds is 3. The summed E-state index contributed by atoms with van der Waals surface area (Å²) in [6.07, 6.45) is -2.02. The lowest BCUT2D eigenvalue weighted by molar-refractivity contribution is -0.143. The third-order valence-corrected chi connectivity index (χ3v) is 6.58. The molecule has 4 aromatic rings. The first-order valence-corrected chi connectivity index (χ1v) is 11.1. The zero-order valence-corrected chi connectivity index (χ0v) is 18.4. The van der Waals surface area contributed by atoms with Crippen molar-refractivity contribution in [3.8, 4) is 5.69 Å². The molecule has 0 bridgehead atoms. The Balaban J connectivity index is 1.37. The zero-order chi connectivity index (χ0) is 23.2. The highest BCUT2D eigenvalue weighted by Gasteiger charge is 2.41. The molecule has 1 aliphatic heterocycles. The van der Waals surface area contributed by atoms with Crippen LogP contribution in [0.15, 0.2) is 48.8 Å². The molecule has 0 saturated carbocycles. The number of hydrogen-bond acceptors (Lipinski definition) is 6. The van der Waals surface area contributed by atoms with Gasteiger partial charge in [-0.05, 0) is 31.2 Å². The second-order valence-corrected chi connectivity index (χ2v) is 8.71. The van der Waals surface area contributed by atoms with Gasteiger partial charge in [0.25, 0.3) is 5.91 Å². The number of anilines is 1. The summed E-state index contributed by atoms with van der Waals surface area (Å²) < 4.78 is 42.7. The van der Waals surface area contributed by atoms with E-state index in [1.54, 1.807) is 30.5 Å². The minimum Gasteiger partial charge on any atom is -0.344 e. The second-order valence-electron chi connectivity index (χ2n) is 7.76. The molecule has 0 unspecified atom stereocenters. The molecule has 0 radical (unpaired) electrons. The van der Waals surface area contributed by atoms with Crippen LogP contribution in [0.1, 0.15) is 21.6 Å². The predicted molar refractivity (Wildman–Crippen MR) is 119 cm³/mol. The van der Waals surface area contributed by atoms with E-state index in [0.29, 0.717) is 13.1 Å². The summed E-state index contributed by atoms with van der Waals surface area (Å²) in [5, 5.41) is 4.70. The van der Waals surface area contributed by atoms with Gasteiger partial charge in [0, 0.05) is 32.4 Å². The number of benzene rings is 1. The highest BCUT2D eigenvalue weighted by Crippen LogP contribution is 2.35. The summed E-state index contributed by atoms with van der Waals surface area (Å²) in [6.45, 7) is 3.36. The van der Waals surface area contributed by atoms with Gasteiger partial charge in [-0.3, -0.25) is 4.79 Å². The van der Waals surface area contributed by atoms with E-state index in [0.717, 1.165) is 31.9 Å². The van der Waals surface area contributed by atoms with Gasteiger partial charge in [0.1, 0.15) is 10.3 Å². The smallest absolute Gasteiger partial charge is 0.344 e. The van der Waals surface area contributed by atoms with Crippen LogP contribution in [0.2, 0.25) is 0 Å². The topological polar surface area (TPSA) is 67.2 Å². The van der Waals surface area contributed by atoms with Crippen molar-refractivity contribution in [2.24, 2.45) is 0 Å². The summed E-state index contributed by atoms with van der Waals surface area (Å²) in [5.74, 6) is -0.675. The van der Waals surface area contributed by atoms with Gasteiger partial charge < -0.3 is 9.80 Å². The van der Waals surface area contributed by atoms with Crippen LogP contribution in [-0.4, -0.2) is 56.7 Å². The number of nitrogens with zero attached hydrogens (tertiary/aromatic N) is 6. The number of carbonyl (C=O) groups is 1. The minimum atomic E-state index is -4.73. The molecule has 0 aliphatic carbocycles. The number of fused-ring (bicyclic) bond motifs is 1. The number of aromatic nitrogens is 4. The molecule has 0 spiro atoms. The van der Waals surface area contributed by atoms with Crippen molar-refractivity contribution in [1.82, 2.24) is 24.6 Å². The zero-order valence-electron chi connectivity index (χ0n) is 17.6. The fourth-order valence-corrected chi connectivity index (χ4v) is 4.78. The van der Waals surface area contributed by atoms with E-state index >= 15 is 0 Å². The molecule has 170 valence electrons. The van der Waals surface area contributed by atoms with Crippen molar-refractivity contribution in [3.05, 3.63) is 65.6 Å². The van der Waals surface area contributed by atoms with E-state index in [1.807, 2.05) is 24.0 Å². The van der Waals surface area contributed by atoms with E-state index in [9.17, 15) is 18.0 Å². The number of alkyl halides is 3. The highest BCUT2D eigenvalue weighted by molar-refractivity contribution is 7.21. The number of piperazine rings is 1. The third kappa shape index (κ3) is 4.04. The second kappa shape index (κ2) is 8.14. The van der Waals surface area contributed by atoms with Crippen molar-refractivity contribution < 1.29 is 18.0 Å². The summed E-state index contributed by atoms with van der Waals surface area (Å²) in [4.78, 5) is 26.2. The average molecular weight is 472 g/mol. The summed E-state index contributed by atoms with van der Waals surface area (Å²) in [6, 6.07) is 10.2. The largest absolute Gasteiger partial charge is 0.434 e. The molecule has 4 heterocycles. The molecular weight excluding hydrogens is 453 g/mol. The van der Waals surface area contributed by atoms with Crippen LogP contribution in [-0.2, 0) is 6.18 Å². The SMILES string of the molecule is Cc1ccc(-n2ncc(C(=O)N3CCN(c4nc5cccnc5s4)CC3)c2C(F)(F)F)cc1. The Morgan fingerprint density at radius 2 is 1.79 bits per heavy atom. The summed E-state index contributed by atoms with van der Waals surface area (Å²) in [5.41, 5.74) is 0.463. The number of carbonyl (C=O) groups excluding carboxylic acids is 1. The van der Waals surface area contributed by atoms with E-state index < -0.39 is 23.3 Å². The number of pyridine rings is 1. The number of halogens is 3. The van der Waals surface area contributed by atoms with Gasteiger partial charge in [0.15, 0.2) is 10.8 Å². The molecule has 1 aliphatic rings. The normalized spacial score (nSPS) is 14.8. The number of hydrogen-bond donors (Lipinski definition) is 0. The van der Waals surface area contributed by atoms with Crippen LogP contribution in [0.25, 0.3) is 16.0 Å². The molecule has 1 fully saturated rings. The fraction of sp³-hybridized carbons (Fsp3) is 0.273. The maximum Gasteiger partial charge on any atom is 0.434 e. The lowest BCUT2D eigenvalue weighted by Crippen LogP contribution is -2.49. The minimum absolute atomic E-state index is 0.251. The van der Waals surface area contributed by atoms with Crippen molar-refractivity contribution in [2.75, 3.05) is 31.1 Å². The average Bonchev–Trinajstić information content (AvgIpc) is 3.44. The highest BCUT2D eigenvalue weighted by atomic mass is 32.1. The lowest BCUT2D eigenvalue weighted by atomic mass is 10.1. The Kier molecular flexibility index (Phi) is 5.28. The number of amides is 1. The van der Waals surface area contributed by atoms with Gasteiger partial charge in [-0.1, -0.05) is 29.0 Å². The van der Waals surface area contributed by atoms with Crippen LogP contribution in [0.4, 0.5) is 18.3 Å². The van der Waals surface area contributed by atoms with Gasteiger partial charge in [-0.25, -0.2) is 14.6 Å². The van der Waals surface area contributed by atoms with Crippen molar-refractivity contribution >= 4 is 32.7 Å². The predicted octanol–water partition coefficient (Wildman–Crippen LogP) is 4.17. The Bertz CT molecular complexity index is 1270. The molecule has 1 amide bonds. The molecule has 7 nitrogen and oxygen atoms in total. The fourth-order valence-electron chi connectivity index (χ4n) is 3.82. The van der Waals surface area contributed by atoms with E-state index in [4.69, 9.17) is 0 Å². The lowest BCUT2D eigenvalue weighted by Gasteiger charge is -2.34. The molecular formula is C22H19F3N6OS. The first-order chi connectivity index (χ1) is 15.8. The maximum absolute atomic E-state index is 14.0. The van der Waals surface area contributed by atoms with Gasteiger partial charge in [-0.15, -0.1) is 0 Å². The molecule has 1 aromatic carbocycles. The van der Waals surface area contributed by atoms with Crippen LogP contribution >= 0.6 is 11.3 Å². The summed E-state index contributed by atoms with van der Waals surface area (Å²) >= 11 is 1.46. The molecule has 0 N–H and O–H groups in total. The molecule has 33 heavy (non-hydrogen) atoms. The van der Waals surface area contributed by atoms with Gasteiger partial charge in [-0.2, -0.15) is 18.3 Å². The number of thiazole rings is 1. The van der Waals surface area contributed by atoms with Gasteiger partial charge >= 0.3 is 6.18 Å². The Morgan fingerprint density at radius 3 is 2.45 bits per heavy atom. The number of aryl methyl sites for hydroxylation is 1. The van der Waals surface area contributed by atoms with Crippen LogP contribution in [0, 0.1) is 6.92 Å². The van der Waals surface area contributed by atoms with Gasteiger partial charge in [0.05, 0.1) is 17.4 Å². The van der Waals surface area contributed by atoms with Crippen LogP contribution in [0.3, 0.4) is 0 Å². The van der Waals surface area contributed by atoms with Crippen molar-refractivity contribution in [3.63, 3.8) is 0 Å². The molecule has 3 aromatic heterocycles. The van der Waals surface area contributed by atoms with Gasteiger partial charge in [0.2, 0.25) is 0 Å². The van der Waals surface area contributed by atoms with E-state index in [1.165, 1.54) is 16.2 Å². The molecule has 11 heteroatoms. The Labute approximate surface area is 191 Å².